The monoisotopic (exact) mass is 558 g/mol. The van der Waals surface area contributed by atoms with Crippen LogP contribution in [0.3, 0.4) is 0 Å². The molecule has 0 atom stereocenters. The molecule has 0 N–H and O–H groups in total. The lowest BCUT2D eigenvalue weighted by atomic mass is 9.98. The lowest BCUT2D eigenvalue weighted by Crippen LogP contribution is -1.99. The molecule has 0 bridgehead atoms. The van der Waals surface area contributed by atoms with Gasteiger partial charge in [-0.2, -0.15) is 5.10 Å². The van der Waals surface area contributed by atoms with E-state index in [0.29, 0.717) is 33.2 Å². The van der Waals surface area contributed by atoms with Crippen LogP contribution < -0.4 is 4.74 Å². The summed E-state index contributed by atoms with van der Waals surface area (Å²) in [6.45, 7) is 4.41. The van der Waals surface area contributed by atoms with Gasteiger partial charge in [0.15, 0.2) is 6.29 Å². The van der Waals surface area contributed by atoms with Gasteiger partial charge in [-0.3, -0.25) is 14.5 Å². The minimum Gasteiger partial charge on any atom is -0.481 e. The predicted molar refractivity (Wildman–Crippen MR) is 158 cm³/mol. The number of ether oxygens (including phenoxy) is 1. The van der Waals surface area contributed by atoms with Gasteiger partial charge in [0.2, 0.25) is 5.88 Å². The van der Waals surface area contributed by atoms with E-state index in [1.54, 1.807) is 25.0 Å². The molecule has 39 heavy (non-hydrogen) atoms. The Hall–Kier alpha value is -3.74. The Morgan fingerprint density at radius 3 is 2.51 bits per heavy atom. The van der Waals surface area contributed by atoms with Gasteiger partial charge in [0, 0.05) is 46.4 Å². The van der Waals surface area contributed by atoms with Crippen molar-refractivity contribution in [2.24, 2.45) is 13.0 Å². The Labute approximate surface area is 237 Å². The highest BCUT2D eigenvalue weighted by molar-refractivity contribution is 6.39. The van der Waals surface area contributed by atoms with Crippen LogP contribution in [-0.2, 0) is 13.5 Å². The molecule has 0 aliphatic rings. The zero-order valence-electron chi connectivity index (χ0n) is 22.2. The number of fused-ring (bicyclic) bond motifs is 1. The third-order valence-electron chi connectivity index (χ3n) is 6.84. The zero-order valence-corrected chi connectivity index (χ0v) is 23.7. The lowest BCUT2D eigenvalue weighted by molar-refractivity contribution is 0.111. The second-order valence-corrected chi connectivity index (χ2v) is 10.6. The van der Waals surface area contributed by atoms with Crippen LogP contribution in [0.15, 0.2) is 60.8 Å². The molecule has 0 unspecified atom stereocenters. The van der Waals surface area contributed by atoms with Crippen molar-refractivity contribution in [3.05, 3.63) is 82.1 Å². The molecule has 5 rings (SSSR count). The summed E-state index contributed by atoms with van der Waals surface area (Å²) in [6, 6.07) is 17.4. The number of hydrogen-bond donors (Lipinski definition) is 0. The molecule has 3 heterocycles. The van der Waals surface area contributed by atoms with Gasteiger partial charge in [0.05, 0.1) is 34.1 Å². The van der Waals surface area contributed by atoms with E-state index in [2.05, 4.69) is 30.0 Å². The maximum absolute atomic E-state index is 11.4. The highest BCUT2D eigenvalue weighted by Gasteiger charge is 2.19. The summed E-state index contributed by atoms with van der Waals surface area (Å²) in [4.78, 5) is 20.7. The SMILES string of the molecule is COc1nc(-c2cccc(-c3ccnc(-c4ccc5c(C=O)nn(C)c5c4)c3Cl)c2Cl)ccc1CCC(C)C. The molecule has 0 saturated carbocycles. The Kier molecular flexibility index (Phi) is 7.69. The van der Waals surface area contributed by atoms with Crippen molar-refractivity contribution in [1.29, 1.82) is 0 Å². The maximum atomic E-state index is 11.4. The van der Waals surface area contributed by atoms with Crippen LogP contribution in [0.1, 0.15) is 36.3 Å². The number of carbonyl (C=O) groups excluding carboxylic acids is 1. The van der Waals surface area contributed by atoms with Gasteiger partial charge >= 0.3 is 0 Å². The molecule has 0 aliphatic carbocycles. The maximum Gasteiger partial charge on any atom is 0.216 e. The van der Waals surface area contributed by atoms with E-state index in [9.17, 15) is 4.79 Å². The highest BCUT2D eigenvalue weighted by atomic mass is 35.5. The van der Waals surface area contributed by atoms with Crippen LogP contribution >= 0.6 is 23.2 Å². The largest absolute Gasteiger partial charge is 0.481 e. The van der Waals surface area contributed by atoms with Crippen LogP contribution in [-0.4, -0.2) is 33.1 Å². The van der Waals surface area contributed by atoms with Crippen molar-refractivity contribution in [3.8, 4) is 39.5 Å². The van der Waals surface area contributed by atoms with E-state index >= 15 is 0 Å². The normalized spacial score (nSPS) is 11.4. The quantitative estimate of drug-likeness (QED) is 0.180. The fourth-order valence-corrected chi connectivity index (χ4v) is 5.39. The molecule has 0 radical (unpaired) electrons. The van der Waals surface area contributed by atoms with Gasteiger partial charge in [0.25, 0.3) is 0 Å². The van der Waals surface area contributed by atoms with Gasteiger partial charge in [-0.15, -0.1) is 0 Å². The summed E-state index contributed by atoms with van der Waals surface area (Å²) in [5.41, 5.74) is 6.76. The Balaban J connectivity index is 1.56. The van der Waals surface area contributed by atoms with Crippen LogP contribution in [0.4, 0.5) is 0 Å². The average Bonchev–Trinajstić information content (AvgIpc) is 3.27. The minimum absolute atomic E-state index is 0.397. The van der Waals surface area contributed by atoms with Gasteiger partial charge < -0.3 is 4.74 Å². The summed E-state index contributed by atoms with van der Waals surface area (Å²) < 4.78 is 7.29. The Bertz CT molecular complexity index is 1690. The molecule has 2 aromatic carbocycles. The highest BCUT2D eigenvalue weighted by Crippen LogP contribution is 2.42. The lowest BCUT2D eigenvalue weighted by Gasteiger charge is -2.15. The minimum atomic E-state index is 0.397. The first-order chi connectivity index (χ1) is 18.8. The third kappa shape index (κ3) is 5.14. The van der Waals surface area contributed by atoms with E-state index in [1.807, 2.05) is 48.5 Å². The second-order valence-electron chi connectivity index (χ2n) is 9.84. The number of halogens is 2. The first-order valence-electron chi connectivity index (χ1n) is 12.7. The predicted octanol–water partition coefficient (Wildman–Crippen LogP) is 8.08. The van der Waals surface area contributed by atoms with Crippen LogP contribution in [0, 0.1) is 5.92 Å². The van der Waals surface area contributed by atoms with Gasteiger partial charge in [-0.05, 0) is 43.0 Å². The van der Waals surface area contributed by atoms with E-state index in [-0.39, 0.29) is 0 Å². The topological polar surface area (TPSA) is 69.9 Å². The molecule has 0 amide bonds. The zero-order chi connectivity index (χ0) is 27.7. The molecule has 3 aromatic heterocycles. The third-order valence-corrected chi connectivity index (χ3v) is 7.63. The number of methoxy groups -OCH3 is 1. The Morgan fingerprint density at radius 2 is 1.77 bits per heavy atom. The number of benzene rings is 2. The Morgan fingerprint density at radius 1 is 1.00 bits per heavy atom. The first kappa shape index (κ1) is 26.9. The van der Waals surface area contributed by atoms with Gasteiger partial charge in [-0.25, -0.2) is 4.98 Å². The van der Waals surface area contributed by atoms with E-state index in [4.69, 9.17) is 32.9 Å². The molecule has 0 spiro atoms. The van der Waals surface area contributed by atoms with Gasteiger partial charge in [0.1, 0.15) is 5.69 Å². The summed E-state index contributed by atoms with van der Waals surface area (Å²) in [7, 11) is 3.44. The summed E-state index contributed by atoms with van der Waals surface area (Å²) in [5.74, 6) is 1.21. The van der Waals surface area contributed by atoms with Gasteiger partial charge in [-0.1, -0.05) is 67.4 Å². The summed E-state index contributed by atoms with van der Waals surface area (Å²) >= 11 is 14.0. The number of nitrogens with zero attached hydrogens (tertiary/aromatic N) is 4. The molecule has 0 fully saturated rings. The molecule has 0 aliphatic heterocycles. The average molecular weight is 559 g/mol. The molecule has 5 aromatic rings. The fraction of sp³-hybridized carbons (Fsp3) is 0.226. The van der Waals surface area contributed by atoms with E-state index in [0.717, 1.165) is 63.5 Å². The van der Waals surface area contributed by atoms with Crippen molar-refractivity contribution < 1.29 is 9.53 Å². The molecular formula is C31H28Cl2N4O2. The summed E-state index contributed by atoms with van der Waals surface area (Å²) in [6.07, 6.45) is 4.43. The second kappa shape index (κ2) is 11.2. The van der Waals surface area contributed by atoms with Crippen molar-refractivity contribution in [2.75, 3.05) is 7.11 Å². The summed E-state index contributed by atoms with van der Waals surface area (Å²) in [5, 5.41) is 6.07. The smallest absolute Gasteiger partial charge is 0.216 e. The molecule has 198 valence electrons. The number of aldehydes is 1. The number of carbonyl (C=O) groups is 1. The standard InChI is InChI=1S/C31H28Cl2N4O2/c1-18(2)8-9-19-11-13-25(35-31(19)39-4)24-7-5-6-21(28(24)32)22-14-15-34-30(29(22)33)20-10-12-23-26(17-38)36-37(3)27(23)16-20/h5-7,10-18H,8-9H2,1-4H3. The molecule has 8 heteroatoms. The number of pyridine rings is 2. The van der Waals surface area contributed by atoms with Crippen molar-refractivity contribution >= 4 is 40.4 Å². The van der Waals surface area contributed by atoms with Crippen LogP contribution in [0.2, 0.25) is 10.0 Å². The molecule has 0 saturated heterocycles. The number of aromatic nitrogens is 4. The van der Waals surface area contributed by atoms with Crippen molar-refractivity contribution in [1.82, 2.24) is 19.7 Å². The van der Waals surface area contributed by atoms with Crippen molar-refractivity contribution in [2.45, 2.75) is 26.7 Å². The first-order valence-corrected chi connectivity index (χ1v) is 13.5. The van der Waals surface area contributed by atoms with Crippen LogP contribution in [0.5, 0.6) is 5.88 Å². The number of hydrogen-bond acceptors (Lipinski definition) is 5. The molecular weight excluding hydrogens is 531 g/mol. The molecule has 6 nitrogen and oxygen atoms in total. The fourth-order valence-electron chi connectivity index (χ4n) is 4.74. The number of aryl methyl sites for hydroxylation is 2. The van der Waals surface area contributed by atoms with Crippen LogP contribution in [0.25, 0.3) is 44.5 Å². The van der Waals surface area contributed by atoms with E-state index < -0.39 is 0 Å². The number of rotatable bonds is 8. The van der Waals surface area contributed by atoms with E-state index in [1.165, 1.54) is 0 Å². The van der Waals surface area contributed by atoms with Crippen molar-refractivity contribution in [3.63, 3.8) is 0 Å².